The Hall–Kier alpha value is -2.34. The van der Waals surface area contributed by atoms with Crippen LogP contribution in [0.1, 0.15) is 25.8 Å². The van der Waals surface area contributed by atoms with Crippen LogP contribution in [0.2, 0.25) is 0 Å². The zero-order chi connectivity index (χ0) is 19.0. The summed E-state index contributed by atoms with van der Waals surface area (Å²) in [6.07, 6.45) is 0.838. The van der Waals surface area contributed by atoms with Crippen molar-refractivity contribution in [3.63, 3.8) is 0 Å². The third kappa shape index (κ3) is 4.99. The van der Waals surface area contributed by atoms with Gasteiger partial charge in [0, 0.05) is 22.9 Å². The molecule has 2 aromatic heterocycles. The zero-order valence-electron chi connectivity index (χ0n) is 16.7. The molecule has 4 aromatic rings. The molecule has 0 aliphatic rings. The van der Waals surface area contributed by atoms with Gasteiger partial charge >= 0.3 is 0 Å². The van der Waals surface area contributed by atoms with Crippen molar-refractivity contribution in [3.8, 4) is 11.6 Å². The van der Waals surface area contributed by atoms with Crippen LogP contribution < -0.4 is 11.1 Å². The van der Waals surface area contributed by atoms with Crippen molar-refractivity contribution < 1.29 is 4.42 Å². The second kappa shape index (κ2) is 8.99. The molecule has 154 valence electrons. The molecule has 0 saturated heterocycles. The van der Waals surface area contributed by atoms with Gasteiger partial charge in [-0.05, 0) is 51.0 Å². The Labute approximate surface area is 182 Å². The van der Waals surface area contributed by atoms with Crippen LogP contribution in [0.3, 0.4) is 0 Å². The number of hydrogen-bond donors (Lipinski definition) is 2. The number of rotatable bonds is 5. The van der Waals surface area contributed by atoms with E-state index in [0.29, 0.717) is 11.6 Å². The normalized spacial score (nSPS) is 11.2. The number of nitrogens with zero attached hydrogens (tertiary/aromatic N) is 2. The lowest BCUT2D eigenvalue weighted by atomic mass is 10.0. The minimum Gasteiger partial charge on any atom is -0.452 e. The predicted octanol–water partition coefficient (Wildman–Crippen LogP) is 5.73. The van der Waals surface area contributed by atoms with Crippen molar-refractivity contribution in [2.75, 3.05) is 11.9 Å². The number of para-hydroxylation sites is 2. The highest BCUT2D eigenvalue weighted by atomic mass is 35.5. The first-order chi connectivity index (χ1) is 12.9. The molecule has 4 rings (SSSR count). The van der Waals surface area contributed by atoms with Gasteiger partial charge in [-0.1, -0.05) is 30.3 Å². The van der Waals surface area contributed by atoms with Crippen molar-refractivity contribution in [1.82, 2.24) is 9.97 Å². The van der Waals surface area contributed by atoms with Gasteiger partial charge in [0.1, 0.15) is 11.4 Å². The zero-order valence-corrected chi connectivity index (χ0v) is 18.4. The Morgan fingerprint density at radius 3 is 2.52 bits per heavy atom. The smallest absolute Gasteiger partial charge is 0.198 e. The van der Waals surface area contributed by atoms with E-state index < -0.39 is 0 Å². The molecule has 0 atom stereocenters. The Bertz CT molecular complexity index is 1120. The Morgan fingerprint density at radius 2 is 1.79 bits per heavy atom. The summed E-state index contributed by atoms with van der Waals surface area (Å²) < 4.78 is 6.07. The molecule has 0 spiro atoms. The summed E-state index contributed by atoms with van der Waals surface area (Å²) in [6.45, 7) is 6.82. The van der Waals surface area contributed by atoms with Gasteiger partial charge in [0.25, 0.3) is 0 Å². The molecule has 0 saturated carbocycles. The van der Waals surface area contributed by atoms with Gasteiger partial charge in [0.15, 0.2) is 11.6 Å². The fraction of sp³-hybridized carbons (Fsp3) is 0.273. The molecular formula is C22H26Cl2N4O. The number of nitrogens with one attached hydrogen (secondary N) is 1. The van der Waals surface area contributed by atoms with Gasteiger partial charge in [-0.25, -0.2) is 9.97 Å². The van der Waals surface area contributed by atoms with Gasteiger partial charge in [-0.2, -0.15) is 0 Å². The molecule has 2 heterocycles. The molecule has 0 unspecified atom stereocenters. The summed E-state index contributed by atoms with van der Waals surface area (Å²) in [5.41, 5.74) is 8.74. The number of benzene rings is 2. The number of fused-ring (bicyclic) bond motifs is 2. The molecule has 0 bridgehead atoms. The number of anilines is 1. The highest BCUT2D eigenvalue weighted by molar-refractivity contribution is 5.91. The molecule has 7 heteroatoms. The van der Waals surface area contributed by atoms with Gasteiger partial charge in [-0.15, -0.1) is 24.8 Å². The van der Waals surface area contributed by atoms with Crippen molar-refractivity contribution in [2.45, 2.75) is 32.7 Å². The van der Waals surface area contributed by atoms with Gasteiger partial charge < -0.3 is 15.5 Å². The maximum absolute atomic E-state index is 6.10. The third-order valence-electron chi connectivity index (χ3n) is 4.63. The van der Waals surface area contributed by atoms with E-state index in [9.17, 15) is 0 Å². The number of aromatic nitrogens is 2. The lowest BCUT2D eigenvalue weighted by molar-refractivity contribution is 0.490. The van der Waals surface area contributed by atoms with Crippen LogP contribution >= 0.6 is 24.8 Å². The predicted molar refractivity (Wildman–Crippen MR) is 125 cm³/mol. The molecule has 0 fully saturated rings. The van der Waals surface area contributed by atoms with Crippen LogP contribution in [0, 0.1) is 6.92 Å². The van der Waals surface area contributed by atoms with Crippen molar-refractivity contribution in [2.24, 2.45) is 5.73 Å². The van der Waals surface area contributed by atoms with E-state index in [4.69, 9.17) is 20.1 Å². The van der Waals surface area contributed by atoms with Crippen LogP contribution in [0.15, 0.2) is 52.9 Å². The first-order valence-corrected chi connectivity index (χ1v) is 9.20. The first-order valence-electron chi connectivity index (χ1n) is 9.20. The Balaban J connectivity index is 0.00000150. The van der Waals surface area contributed by atoms with E-state index in [1.54, 1.807) is 0 Å². The topological polar surface area (TPSA) is 77.0 Å². The second-order valence-corrected chi connectivity index (χ2v) is 7.68. The number of hydrogen-bond acceptors (Lipinski definition) is 5. The standard InChI is InChI=1S/C22H24N4O.2ClH/c1-14-7-6-8-15-13-18(27-19(14)15)21-25-17-10-5-4-9-16(17)20(26-21)24-12-11-22(2,3)23;;/h4-10,13H,11-12,23H2,1-3H3,(H,24,25,26);2*1H. The van der Waals surface area contributed by atoms with E-state index in [2.05, 4.69) is 5.32 Å². The molecule has 0 aliphatic heterocycles. The minimum absolute atomic E-state index is 0. The Kier molecular flexibility index (Phi) is 7.11. The summed E-state index contributed by atoms with van der Waals surface area (Å²) >= 11 is 0. The summed E-state index contributed by atoms with van der Waals surface area (Å²) in [7, 11) is 0. The number of furan rings is 1. The van der Waals surface area contributed by atoms with Crippen LogP contribution in [-0.2, 0) is 0 Å². The highest BCUT2D eigenvalue weighted by Gasteiger charge is 2.15. The highest BCUT2D eigenvalue weighted by Crippen LogP contribution is 2.30. The molecule has 2 aromatic carbocycles. The first kappa shape index (κ1) is 22.9. The summed E-state index contributed by atoms with van der Waals surface area (Å²) in [5.74, 6) is 2.06. The number of halogens is 2. The maximum Gasteiger partial charge on any atom is 0.198 e. The van der Waals surface area contributed by atoms with E-state index in [-0.39, 0.29) is 30.4 Å². The van der Waals surface area contributed by atoms with Crippen molar-refractivity contribution in [3.05, 3.63) is 54.1 Å². The summed E-state index contributed by atoms with van der Waals surface area (Å²) in [6, 6.07) is 16.1. The molecule has 0 amide bonds. The van der Waals surface area contributed by atoms with Gasteiger partial charge in [0.2, 0.25) is 0 Å². The van der Waals surface area contributed by atoms with Crippen molar-refractivity contribution in [1.29, 1.82) is 0 Å². The lowest BCUT2D eigenvalue weighted by Gasteiger charge is -2.19. The SMILES string of the molecule is Cc1cccc2cc(-c3nc(NCCC(C)(C)N)c4ccccc4n3)oc12.Cl.Cl. The fourth-order valence-corrected chi connectivity index (χ4v) is 3.14. The summed E-state index contributed by atoms with van der Waals surface area (Å²) in [4.78, 5) is 9.48. The fourth-order valence-electron chi connectivity index (χ4n) is 3.14. The monoisotopic (exact) mass is 432 g/mol. The Morgan fingerprint density at radius 1 is 1.03 bits per heavy atom. The molecule has 29 heavy (non-hydrogen) atoms. The second-order valence-electron chi connectivity index (χ2n) is 7.68. The maximum atomic E-state index is 6.10. The minimum atomic E-state index is -0.227. The van der Waals surface area contributed by atoms with Gasteiger partial charge in [0.05, 0.1) is 5.52 Å². The number of nitrogens with two attached hydrogens (primary N) is 1. The van der Waals surface area contributed by atoms with E-state index in [1.807, 2.05) is 69.3 Å². The summed E-state index contributed by atoms with van der Waals surface area (Å²) in [5, 5.41) is 5.47. The van der Waals surface area contributed by atoms with E-state index >= 15 is 0 Å². The molecule has 0 radical (unpaired) electrons. The molecule has 0 aliphatic carbocycles. The average Bonchev–Trinajstić information content (AvgIpc) is 3.06. The quantitative estimate of drug-likeness (QED) is 0.420. The molecule has 3 N–H and O–H groups in total. The van der Waals surface area contributed by atoms with Gasteiger partial charge in [-0.3, -0.25) is 0 Å². The van der Waals surface area contributed by atoms with Crippen molar-refractivity contribution >= 4 is 52.5 Å². The third-order valence-corrected chi connectivity index (χ3v) is 4.63. The largest absolute Gasteiger partial charge is 0.452 e. The van der Waals surface area contributed by atoms with Crippen LogP contribution in [0.4, 0.5) is 5.82 Å². The van der Waals surface area contributed by atoms with E-state index in [1.165, 1.54) is 0 Å². The number of aryl methyl sites for hydroxylation is 1. The van der Waals surface area contributed by atoms with E-state index in [0.717, 1.165) is 46.2 Å². The molecule has 5 nitrogen and oxygen atoms in total. The van der Waals surface area contributed by atoms with Crippen LogP contribution in [-0.4, -0.2) is 22.1 Å². The lowest BCUT2D eigenvalue weighted by Crippen LogP contribution is -2.34. The van der Waals surface area contributed by atoms with Crippen LogP contribution in [0.5, 0.6) is 0 Å². The molecular weight excluding hydrogens is 407 g/mol. The average molecular weight is 433 g/mol. The van der Waals surface area contributed by atoms with Crippen LogP contribution in [0.25, 0.3) is 33.5 Å².